The molecule has 2 aromatic rings. The lowest BCUT2D eigenvalue weighted by Crippen LogP contribution is -2.22. The molecule has 1 saturated heterocycles. The second kappa shape index (κ2) is 5.05. The zero-order valence-electron chi connectivity index (χ0n) is 10.9. The number of pyridine rings is 1. The van der Waals surface area contributed by atoms with Gasteiger partial charge >= 0.3 is 5.69 Å². The Morgan fingerprint density at radius 1 is 1.45 bits per heavy atom. The van der Waals surface area contributed by atoms with Crippen molar-refractivity contribution in [3.8, 4) is 0 Å². The van der Waals surface area contributed by atoms with Crippen LogP contribution in [0.1, 0.15) is 6.42 Å². The van der Waals surface area contributed by atoms with E-state index >= 15 is 0 Å². The summed E-state index contributed by atoms with van der Waals surface area (Å²) in [7, 11) is 0. The number of anilines is 1. The van der Waals surface area contributed by atoms with Crippen molar-refractivity contribution < 1.29 is 10.0 Å². The fraction of sp³-hybridized carbons (Fsp3) is 0.357. The molecule has 2 heterocycles. The van der Waals surface area contributed by atoms with Crippen molar-refractivity contribution in [2.75, 3.05) is 24.6 Å². The quantitative estimate of drug-likeness (QED) is 0.683. The highest BCUT2D eigenvalue weighted by atomic mass is 16.6. The maximum Gasteiger partial charge on any atom is 0.311 e. The van der Waals surface area contributed by atoms with E-state index in [2.05, 4.69) is 4.98 Å². The molecule has 0 saturated carbocycles. The molecular formula is C14H15N3O3. The topological polar surface area (TPSA) is 79.5 Å². The third-order valence-corrected chi connectivity index (χ3v) is 3.78. The van der Waals surface area contributed by atoms with Crippen LogP contribution in [0.15, 0.2) is 30.5 Å². The summed E-state index contributed by atoms with van der Waals surface area (Å²) in [6.45, 7) is 1.48. The fourth-order valence-corrected chi connectivity index (χ4v) is 2.77. The number of aliphatic hydroxyl groups is 1. The maximum atomic E-state index is 11.3. The predicted octanol–water partition coefficient (Wildman–Crippen LogP) is 1.96. The molecule has 6 nitrogen and oxygen atoms in total. The van der Waals surface area contributed by atoms with Crippen LogP contribution in [-0.4, -0.2) is 34.7 Å². The first-order valence-electron chi connectivity index (χ1n) is 6.58. The molecule has 0 spiro atoms. The van der Waals surface area contributed by atoms with E-state index in [1.54, 1.807) is 0 Å². The van der Waals surface area contributed by atoms with Crippen molar-refractivity contribution in [3.05, 3.63) is 40.6 Å². The molecule has 20 heavy (non-hydrogen) atoms. The average Bonchev–Trinajstić information content (AvgIpc) is 2.94. The normalized spacial score (nSPS) is 18.6. The van der Waals surface area contributed by atoms with Gasteiger partial charge in [0.05, 0.1) is 10.4 Å². The number of aliphatic hydroxyl groups excluding tert-OH is 1. The summed E-state index contributed by atoms with van der Waals surface area (Å²) in [5.41, 5.74) is 1.40. The monoisotopic (exact) mass is 273 g/mol. The van der Waals surface area contributed by atoms with Gasteiger partial charge in [0, 0.05) is 31.0 Å². The van der Waals surface area contributed by atoms with Crippen molar-refractivity contribution >= 4 is 22.3 Å². The number of nitrogens with zero attached hydrogens (tertiary/aromatic N) is 3. The van der Waals surface area contributed by atoms with Gasteiger partial charge in [-0.05, 0) is 12.5 Å². The molecule has 1 fully saturated rings. The number of nitro groups is 1. The van der Waals surface area contributed by atoms with E-state index in [0.717, 1.165) is 23.9 Å². The Bertz CT molecular complexity index is 659. The standard InChI is InChI=1S/C14H15N3O3/c18-9-10-5-6-16(8-10)14-11-3-1-2-4-12(11)15-7-13(14)17(19)20/h1-4,7,10,18H,5-6,8-9H2. The van der Waals surface area contributed by atoms with Crippen LogP contribution in [0.5, 0.6) is 0 Å². The second-order valence-corrected chi connectivity index (χ2v) is 5.05. The summed E-state index contributed by atoms with van der Waals surface area (Å²) in [5.74, 6) is 0.182. The molecule has 0 aliphatic carbocycles. The summed E-state index contributed by atoms with van der Waals surface area (Å²) in [4.78, 5) is 17.0. The minimum atomic E-state index is -0.388. The highest BCUT2D eigenvalue weighted by Gasteiger charge is 2.29. The van der Waals surface area contributed by atoms with Gasteiger partial charge in [-0.15, -0.1) is 0 Å². The molecule has 0 amide bonds. The number of hydrogen-bond donors (Lipinski definition) is 1. The third-order valence-electron chi connectivity index (χ3n) is 3.78. The molecule has 1 N–H and O–H groups in total. The van der Waals surface area contributed by atoms with Crippen molar-refractivity contribution in [2.45, 2.75) is 6.42 Å². The zero-order valence-corrected chi connectivity index (χ0v) is 10.9. The van der Waals surface area contributed by atoms with E-state index in [4.69, 9.17) is 0 Å². The van der Waals surface area contributed by atoms with Gasteiger partial charge < -0.3 is 10.0 Å². The highest BCUT2D eigenvalue weighted by Crippen LogP contribution is 2.37. The zero-order chi connectivity index (χ0) is 14.1. The first-order valence-corrected chi connectivity index (χ1v) is 6.58. The van der Waals surface area contributed by atoms with Gasteiger partial charge in [-0.25, -0.2) is 4.98 Å². The highest BCUT2D eigenvalue weighted by molar-refractivity contribution is 5.96. The largest absolute Gasteiger partial charge is 0.396 e. The molecule has 3 rings (SSSR count). The first kappa shape index (κ1) is 12.8. The van der Waals surface area contributed by atoms with E-state index < -0.39 is 0 Å². The molecule has 1 unspecified atom stereocenters. The van der Waals surface area contributed by atoms with Crippen molar-refractivity contribution in [3.63, 3.8) is 0 Å². The molecule has 0 radical (unpaired) electrons. The van der Waals surface area contributed by atoms with Crippen LogP contribution < -0.4 is 4.90 Å². The molecule has 6 heteroatoms. The van der Waals surface area contributed by atoms with Gasteiger partial charge in [0.2, 0.25) is 0 Å². The SMILES string of the molecule is O=[N+]([O-])c1cnc2ccccc2c1N1CCC(CO)C1. The first-order chi connectivity index (χ1) is 9.70. The van der Waals surface area contributed by atoms with E-state index in [1.807, 2.05) is 29.2 Å². The molecule has 1 aromatic carbocycles. The Balaban J connectivity index is 2.15. The lowest BCUT2D eigenvalue weighted by molar-refractivity contribution is -0.384. The number of hydrogen-bond acceptors (Lipinski definition) is 5. The molecule has 104 valence electrons. The summed E-state index contributed by atoms with van der Waals surface area (Å²) in [5, 5.41) is 21.3. The Labute approximate surface area is 115 Å². The number of benzene rings is 1. The van der Waals surface area contributed by atoms with Crippen molar-refractivity contribution in [1.29, 1.82) is 0 Å². The van der Waals surface area contributed by atoms with Crippen LogP contribution in [0.25, 0.3) is 10.9 Å². The van der Waals surface area contributed by atoms with Crippen LogP contribution >= 0.6 is 0 Å². The predicted molar refractivity (Wildman–Crippen MR) is 75.8 cm³/mol. The van der Waals surface area contributed by atoms with Gasteiger partial charge in [-0.1, -0.05) is 18.2 Å². The Kier molecular flexibility index (Phi) is 3.23. The van der Waals surface area contributed by atoms with Crippen LogP contribution in [0.3, 0.4) is 0 Å². The Morgan fingerprint density at radius 3 is 2.95 bits per heavy atom. The summed E-state index contributed by atoms with van der Waals surface area (Å²) < 4.78 is 0. The minimum absolute atomic E-state index is 0.0299. The van der Waals surface area contributed by atoms with Crippen LogP contribution in [0, 0.1) is 16.0 Å². The lowest BCUT2D eigenvalue weighted by Gasteiger charge is -2.20. The Morgan fingerprint density at radius 2 is 2.25 bits per heavy atom. The number of aromatic nitrogens is 1. The van der Waals surface area contributed by atoms with Gasteiger partial charge in [-0.2, -0.15) is 0 Å². The number of para-hydroxylation sites is 1. The van der Waals surface area contributed by atoms with Crippen molar-refractivity contribution in [2.24, 2.45) is 5.92 Å². The summed E-state index contributed by atoms with van der Waals surface area (Å²) in [6, 6.07) is 7.43. The van der Waals surface area contributed by atoms with Gasteiger partial charge in [0.25, 0.3) is 0 Å². The third kappa shape index (κ3) is 2.08. The van der Waals surface area contributed by atoms with Crippen LogP contribution in [0.4, 0.5) is 11.4 Å². The maximum absolute atomic E-state index is 11.3. The smallest absolute Gasteiger partial charge is 0.311 e. The molecular weight excluding hydrogens is 258 g/mol. The molecule has 1 aliphatic rings. The van der Waals surface area contributed by atoms with E-state index in [-0.39, 0.29) is 23.1 Å². The average molecular weight is 273 g/mol. The van der Waals surface area contributed by atoms with E-state index in [1.165, 1.54) is 6.20 Å². The number of rotatable bonds is 3. The molecule has 0 bridgehead atoms. The van der Waals surface area contributed by atoms with E-state index in [0.29, 0.717) is 12.2 Å². The molecule has 1 aliphatic heterocycles. The van der Waals surface area contributed by atoms with Gasteiger partial charge in [0.15, 0.2) is 0 Å². The molecule has 1 aromatic heterocycles. The van der Waals surface area contributed by atoms with Crippen LogP contribution in [-0.2, 0) is 0 Å². The fourth-order valence-electron chi connectivity index (χ4n) is 2.77. The lowest BCUT2D eigenvalue weighted by atomic mass is 10.1. The molecule has 1 atom stereocenters. The van der Waals surface area contributed by atoms with Gasteiger partial charge in [-0.3, -0.25) is 10.1 Å². The van der Waals surface area contributed by atoms with Crippen LogP contribution in [0.2, 0.25) is 0 Å². The summed E-state index contributed by atoms with van der Waals surface area (Å²) >= 11 is 0. The second-order valence-electron chi connectivity index (χ2n) is 5.05. The van der Waals surface area contributed by atoms with Crippen molar-refractivity contribution in [1.82, 2.24) is 4.98 Å². The Hall–Kier alpha value is -2.21. The summed E-state index contributed by atoms with van der Waals surface area (Å²) in [6.07, 6.45) is 2.17. The van der Waals surface area contributed by atoms with Gasteiger partial charge in [0.1, 0.15) is 11.9 Å². The van der Waals surface area contributed by atoms with E-state index in [9.17, 15) is 15.2 Å². The number of fused-ring (bicyclic) bond motifs is 1. The minimum Gasteiger partial charge on any atom is -0.396 e.